The number of ketones is 1. The molecule has 3 heteroatoms. The number of hydrogen-bond donors (Lipinski definition) is 0. The predicted molar refractivity (Wildman–Crippen MR) is 330 cm³/mol. The maximum Gasteiger partial charge on any atom is 0.133 e. The molecule has 0 aromatic carbocycles. The molecule has 0 aliphatic heterocycles. The number of hydrogen-bond acceptors (Lipinski definition) is 3. The summed E-state index contributed by atoms with van der Waals surface area (Å²) < 4.78 is 6.28. The highest BCUT2D eigenvalue weighted by molar-refractivity contribution is 5.78. The minimum Gasteiger partial charge on any atom is -0.381 e. The topological polar surface area (TPSA) is 29.5 Å². The molecule has 0 bridgehead atoms. The van der Waals surface area contributed by atoms with Gasteiger partial charge in [-0.05, 0) is 106 Å². The Hall–Kier alpha value is -0.410. The minimum atomic E-state index is 0.483. The second-order valence-corrected chi connectivity index (χ2v) is 24.5. The third-order valence-electron chi connectivity index (χ3n) is 16.3. The third-order valence-corrected chi connectivity index (χ3v) is 16.3. The second-order valence-electron chi connectivity index (χ2n) is 24.5. The largest absolute Gasteiger partial charge is 0.381 e. The zero-order chi connectivity index (χ0) is 54.2. The molecule has 0 heterocycles. The van der Waals surface area contributed by atoms with E-state index in [1.807, 2.05) is 0 Å². The lowest BCUT2D eigenvalue weighted by Gasteiger charge is -2.42. The molecule has 4 atom stereocenters. The molecule has 1 aliphatic rings. The van der Waals surface area contributed by atoms with Gasteiger partial charge in [-0.1, -0.05) is 302 Å². The molecule has 0 spiro atoms. The molecule has 3 nitrogen and oxygen atoms in total. The molecule has 0 N–H and O–H groups in total. The van der Waals surface area contributed by atoms with Crippen molar-refractivity contribution in [1.82, 2.24) is 4.90 Å². The number of carbonyl (C=O) groups is 1. The number of Topliss-reactive ketones (excluding diaryl/α,β-unsaturated/α-hetero) is 1. The quantitative estimate of drug-likeness (QED) is 0.0569. The first kappa shape index (κ1) is 75.8. The molecule has 72 heavy (non-hydrogen) atoms. The van der Waals surface area contributed by atoms with Crippen molar-refractivity contribution in [1.29, 1.82) is 0 Å². The van der Waals surface area contributed by atoms with Crippen molar-refractivity contribution in [2.75, 3.05) is 32.8 Å². The lowest BCUT2D eigenvalue weighted by molar-refractivity contribution is -0.119. The summed E-state index contributed by atoms with van der Waals surface area (Å²) in [5.74, 6) is 4.54. The monoisotopic (exact) mass is 1020 g/mol. The minimum absolute atomic E-state index is 0.483. The van der Waals surface area contributed by atoms with E-state index in [-0.39, 0.29) is 0 Å². The van der Waals surface area contributed by atoms with E-state index in [0.717, 1.165) is 56.1 Å². The van der Waals surface area contributed by atoms with Crippen LogP contribution in [0.2, 0.25) is 0 Å². The Morgan fingerprint density at radius 2 is 0.944 bits per heavy atom. The third kappa shape index (κ3) is 51.7. The summed E-state index contributed by atoms with van der Waals surface area (Å²) in [6.45, 7) is 37.7. The van der Waals surface area contributed by atoms with E-state index in [1.54, 1.807) is 0 Å². The van der Waals surface area contributed by atoms with Gasteiger partial charge in [-0.15, -0.1) is 0 Å². The van der Waals surface area contributed by atoms with Crippen molar-refractivity contribution in [3.63, 3.8) is 0 Å². The highest BCUT2D eigenvalue weighted by Crippen LogP contribution is 2.45. The van der Waals surface area contributed by atoms with Crippen LogP contribution in [0.3, 0.4) is 0 Å². The van der Waals surface area contributed by atoms with Crippen LogP contribution in [0.15, 0.2) is 0 Å². The molecule has 0 aromatic heterocycles. The van der Waals surface area contributed by atoms with Gasteiger partial charge in [-0.3, -0.25) is 4.79 Å². The fourth-order valence-electron chi connectivity index (χ4n) is 11.4. The Labute approximate surface area is 459 Å². The average Bonchev–Trinajstić information content (AvgIpc) is 3.35. The number of rotatable bonds is 50. The molecule has 1 saturated carbocycles. The van der Waals surface area contributed by atoms with Gasteiger partial charge in [-0.25, -0.2) is 0 Å². The Bertz CT molecular complexity index is 1000. The lowest BCUT2D eigenvalue weighted by atomic mass is 9.66. The molecule has 0 saturated heterocycles. The van der Waals surface area contributed by atoms with E-state index in [1.165, 1.54) is 276 Å². The van der Waals surface area contributed by atoms with Gasteiger partial charge in [-0.2, -0.15) is 0 Å². The number of carbonyl (C=O) groups excluding carboxylic acids is 1. The van der Waals surface area contributed by atoms with Crippen molar-refractivity contribution >= 4 is 5.78 Å². The SMILES string of the molecule is CCC.CCCCC.CCCCCCCCC(CC)CCCCOCC1(CCCCC(C)CN(CCC)CCCC)CCC1.CCCCCCCCCC(CCCCCC)C(CC)CCCC(=O)CC(C)C. The van der Waals surface area contributed by atoms with Crippen LogP contribution in [0.25, 0.3) is 0 Å². The summed E-state index contributed by atoms with van der Waals surface area (Å²) in [7, 11) is 0. The lowest BCUT2D eigenvalue weighted by Crippen LogP contribution is -2.34. The highest BCUT2D eigenvalue weighted by atomic mass is 16.5. The first-order valence-electron chi connectivity index (χ1n) is 33.8. The van der Waals surface area contributed by atoms with E-state index in [0.29, 0.717) is 17.1 Å². The molecule has 4 unspecified atom stereocenters. The van der Waals surface area contributed by atoms with Crippen molar-refractivity contribution in [3.8, 4) is 0 Å². The zero-order valence-electron chi connectivity index (χ0n) is 53.1. The van der Waals surface area contributed by atoms with E-state index >= 15 is 0 Å². The van der Waals surface area contributed by atoms with Crippen LogP contribution >= 0.6 is 0 Å². The fourth-order valence-corrected chi connectivity index (χ4v) is 11.4. The Kier molecular flexibility index (Phi) is 63.0. The molecule has 1 aliphatic carbocycles. The molecule has 1 rings (SSSR count). The summed E-state index contributed by atoms with van der Waals surface area (Å²) in [6.07, 6.45) is 58.2. The Balaban J connectivity index is -0.00000117. The second kappa shape index (κ2) is 59.8. The molecule has 0 radical (unpaired) electrons. The predicted octanol–water partition coefficient (Wildman–Crippen LogP) is 24.0. The number of nitrogens with zero attached hydrogens (tertiary/aromatic N) is 1. The van der Waals surface area contributed by atoms with E-state index < -0.39 is 0 Å². The van der Waals surface area contributed by atoms with Gasteiger partial charge in [0.2, 0.25) is 0 Å². The summed E-state index contributed by atoms with van der Waals surface area (Å²) in [4.78, 5) is 14.8. The van der Waals surface area contributed by atoms with Crippen LogP contribution in [-0.4, -0.2) is 43.5 Å². The summed E-state index contributed by atoms with van der Waals surface area (Å²) in [5, 5.41) is 0. The Morgan fingerprint density at radius 1 is 0.472 bits per heavy atom. The van der Waals surface area contributed by atoms with Crippen LogP contribution in [0.4, 0.5) is 0 Å². The van der Waals surface area contributed by atoms with Crippen LogP contribution < -0.4 is 0 Å². The van der Waals surface area contributed by atoms with Gasteiger partial charge in [0.05, 0.1) is 6.61 Å². The van der Waals surface area contributed by atoms with Gasteiger partial charge in [0.1, 0.15) is 5.78 Å². The standard InChI is InChI=1S/C34H69NO.C27H54O.C5H12.C3H8/c1-6-10-12-13-14-15-22-33(9-4)23-17-19-29-36-31-34(25-20-26-34)24-18-16-21-32(5)30-35(27-8-3)28-11-7-2;1-6-9-11-13-14-15-17-20-26(19-16-12-10-7-2)25(8-3)21-18-22-27(28)23-24(4)5;1-3-5-4-2;1-3-2/h32-33H,6-31H2,1-5H3;24-26H,6-23H2,1-5H3;3-5H2,1-2H3;3H2,1-2H3. The maximum atomic E-state index is 12.1. The van der Waals surface area contributed by atoms with Gasteiger partial charge in [0, 0.05) is 26.0 Å². The maximum absolute atomic E-state index is 12.1. The van der Waals surface area contributed by atoms with Crippen molar-refractivity contribution in [2.24, 2.45) is 35.0 Å². The first-order chi connectivity index (χ1) is 35.0. The van der Waals surface area contributed by atoms with Crippen LogP contribution in [0, 0.1) is 35.0 Å². The van der Waals surface area contributed by atoms with E-state index in [4.69, 9.17) is 4.74 Å². The Morgan fingerprint density at radius 3 is 1.40 bits per heavy atom. The molecule has 0 aromatic rings. The van der Waals surface area contributed by atoms with E-state index in [2.05, 4.69) is 102 Å². The molecule has 0 amide bonds. The molecule has 1 fully saturated rings. The molecule has 436 valence electrons. The average molecular weight is 1020 g/mol. The fraction of sp³-hybridized carbons (Fsp3) is 0.986. The van der Waals surface area contributed by atoms with Crippen LogP contribution in [-0.2, 0) is 9.53 Å². The molecular weight excluding hydrogens is 875 g/mol. The van der Waals surface area contributed by atoms with Crippen molar-refractivity contribution < 1.29 is 9.53 Å². The van der Waals surface area contributed by atoms with Gasteiger partial charge < -0.3 is 9.64 Å². The van der Waals surface area contributed by atoms with E-state index in [9.17, 15) is 4.79 Å². The molecular formula is C69H143NO2. The number of ether oxygens (including phenoxy) is 1. The summed E-state index contributed by atoms with van der Waals surface area (Å²) >= 11 is 0. The van der Waals surface area contributed by atoms with Gasteiger partial charge in [0.15, 0.2) is 0 Å². The number of unbranched alkanes of at least 4 members (excludes halogenated alkanes) is 19. The van der Waals surface area contributed by atoms with Crippen LogP contribution in [0.5, 0.6) is 0 Å². The summed E-state index contributed by atoms with van der Waals surface area (Å²) in [6, 6.07) is 0. The van der Waals surface area contributed by atoms with Crippen molar-refractivity contribution in [3.05, 3.63) is 0 Å². The van der Waals surface area contributed by atoms with Gasteiger partial charge >= 0.3 is 0 Å². The van der Waals surface area contributed by atoms with Crippen molar-refractivity contribution in [2.45, 2.75) is 373 Å². The zero-order valence-corrected chi connectivity index (χ0v) is 53.1. The van der Waals surface area contributed by atoms with Crippen LogP contribution in [0.1, 0.15) is 373 Å². The smallest absolute Gasteiger partial charge is 0.133 e. The van der Waals surface area contributed by atoms with Gasteiger partial charge in [0.25, 0.3) is 0 Å². The first-order valence-corrected chi connectivity index (χ1v) is 33.8. The normalized spacial score (nSPS) is 14.6. The summed E-state index contributed by atoms with van der Waals surface area (Å²) in [5.41, 5.74) is 0.544. The highest BCUT2D eigenvalue weighted by Gasteiger charge is 2.36.